The van der Waals surface area contributed by atoms with Gasteiger partial charge in [-0.05, 0) is 49.2 Å². The van der Waals surface area contributed by atoms with Crippen LogP contribution in [0.1, 0.15) is 32.1 Å². The van der Waals surface area contributed by atoms with Gasteiger partial charge in [0.1, 0.15) is 23.5 Å². The van der Waals surface area contributed by atoms with Gasteiger partial charge in [-0.25, -0.2) is 9.97 Å². The van der Waals surface area contributed by atoms with Crippen molar-refractivity contribution in [2.45, 2.75) is 38.1 Å². The Kier molecular flexibility index (Phi) is 5.56. The Balaban J connectivity index is 1.43. The number of nitrogens with one attached hydrogen (secondary N) is 2. The molecule has 3 aromatic rings. The molecule has 6 nitrogen and oxygen atoms in total. The Morgan fingerprint density at radius 3 is 2.25 bits per heavy atom. The number of nitrogen functional groups attached to an aromatic ring is 1. The number of rotatable bonds is 6. The maximum absolute atomic E-state index is 6.31. The molecule has 1 aromatic heterocycles. The number of benzene rings is 2. The molecule has 28 heavy (non-hydrogen) atoms. The molecule has 4 N–H and O–H groups in total. The van der Waals surface area contributed by atoms with Gasteiger partial charge in [0.2, 0.25) is 0 Å². The van der Waals surface area contributed by atoms with Gasteiger partial charge in [0.25, 0.3) is 0 Å². The molecule has 1 saturated carbocycles. The third-order valence-corrected chi connectivity index (χ3v) is 4.93. The lowest BCUT2D eigenvalue weighted by Crippen LogP contribution is -2.23. The van der Waals surface area contributed by atoms with E-state index in [0.717, 1.165) is 30.0 Å². The smallest absolute Gasteiger partial charge is 0.159 e. The van der Waals surface area contributed by atoms with Crippen molar-refractivity contribution >= 4 is 23.0 Å². The van der Waals surface area contributed by atoms with Crippen LogP contribution < -0.4 is 21.1 Å². The third kappa shape index (κ3) is 4.52. The van der Waals surface area contributed by atoms with Crippen LogP contribution in [0.5, 0.6) is 11.5 Å². The van der Waals surface area contributed by atoms with Crippen molar-refractivity contribution in [1.29, 1.82) is 0 Å². The van der Waals surface area contributed by atoms with Gasteiger partial charge < -0.3 is 21.1 Å². The topological polar surface area (TPSA) is 85.1 Å². The Morgan fingerprint density at radius 2 is 1.50 bits per heavy atom. The number of ether oxygens (including phenoxy) is 1. The van der Waals surface area contributed by atoms with Crippen molar-refractivity contribution in [2.75, 3.05) is 16.4 Å². The maximum Gasteiger partial charge on any atom is 0.159 e. The van der Waals surface area contributed by atoms with Crippen LogP contribution in [0.15, 0.2) is 60.9 Å². The number of aromatic nitrogens is 2. The van der Waals surface area contributed by atoms with E-state index in [4.69, 9.17) is 10.5 Å². The molecule has 2 aromatic carbocycles. The molecule has 1 aliphatic rings. The van der Waals surface area contributed by atoms with E-state index < -0.39 is 0 Å². The normalized spacial score (nSPS) is 14.4. The molecule has 144 valence electrons. The standard InChI is InChI=1S/C22H25N5O/c23-20-21(26-16-7-3-1-4-8-16)24-15-25-22(20)27-17-11-13-19(14-12-17)28-18-9-5-2-6-10-18/h2,5-6,9-16H,1,3-4,7-8,23H2,(H2,24,25,26,27). The van der Waals surface area contributed by atoms with Crippen molar-refractivity contribution < 1.29 is 4.74 Å². The number of para-hydroxylation sites is 1. The van der Waals surface area contributed by atoms with Gasteiger partial charge in [0.15, 0.2) is 11.6 Å². The van der Waals surface area contributed by atoms with Gasteiger partial charge in [0.05, 0.1) is 0 Å². The lowest BCUT2D eigenvalue weighted by molar-refractivity contribution is 0.462. The van der Waals surface area contributed by atoms with Gasteiger partial charge in [-0.15, -0.1) is 0 Å². The first-order valence-corrected chi connectivity index (χ1v) is 9.75. The molecule has 0 spiro atoms. The van der Waals surface area contributed by atoms with E-state index in [1.54, 1.807) is 0 Å². The fourth-order valence-corrected chi connectivity index (χ4v) is 3.42. The number of nitrogens with zero attached hydrogens (tertiary/aromatic N) is 2. The summed E-state index contributed by atoms with van der Waals surface area (Å²) in [5, 5.41) is 6.74. The van der Waals surface area contributed by atoms with E-state index >= 15 is 0 Å². The Hall–Kier alpha value is -3.28. The van der Waals surface area contributed by atoms with Crippen LogP contribution in [0.25, 0.3) is 0 Å². The van der Waals surface area contributed by atoms with Crippen LogP contribution in [0.2, 0.25) is 0 Å². The van der Waals surface area contributed by atoms with Crippen LogP contribution in [-0.4, -0.2) is 16.0 Å². The van der Waals surface area contributed by atoms with Crippen LogP contribution in [-0.2, 0) is 0 Å². The zero-order valence-electron chi connectivity index (χ0n) is 15.8. The van der Waals surface area contributed by atoms with E-state index in [2.05, 4.69) is 20.6 Å². The molecule has 0 radical (unpaired) electrons. The molecule has 6 heteroatoms. The van der Waals surface area contributed by atoms with E-state index in [9.17, 15) is 0 Å². The summed E-state index contributed by atoms with van der Waals surface area (Å²) in [6, 6.07) is 17.8. The minimum absolute atomic E-state index is 0.438. The largest absolute Gasteiger partial charge is 0.457 e. The predicted octanol–water partition coefficient (Wildman–Crippen LogP) is 5.34. The van der Waals surface area contributed by atoms with E-state index in [1.807, 2.05) is 54.6 Å². The summed E-state index contributed by atoms with van der Waals surface area (Å²) in [4.78, 5) is 8.63. The van der Waals surface area contributed by atoms with Crippen molar-refractivity contribution in [2.24, 2.45) is 0 Å². The van der Waals surface area contributed by atoms with Crippen LogP contribution in [0.4, 0.5) is 23.0 Å². The van der Waals surface area contributed by atoms with Gasteiger partial charge >= 0.3 is 0 Å². The fourth-order valence-electron chi connectivity index (χ4n) is 3.42. The zero-order valence-corrected chi connectivity index (χ0v) is 15.8. The number of nitrogens with two attached hydrogens (primary N) is 1. The first-order chi connectivity index (χ1) is 13.8. The van der Waals surface area contributed by atoms with Crippen LogP contribution >= 0.6 is 0 Å². The van der Waals surface area contributed by atoms with Gasteiger partial charge in [0, 0.05) is 11.7 Å². The molecule has 1 heterocycles. The number of hydrogen-bond acceptors (Lipinski definition) is 6. The summed E-state index contributed by atoms with van der Waals surface area (Å²) < 4.78 is 5.82. The lowest BCUT2D eigenvalue weighted by atomic mass is 9.95. The second-order valence-corrected chi connectivity index (χ2v) is 7.03. The fraction of sp³-hybridized carbons (Fsp3) is 0.273. The van der Waals surface area contributed by atoms with E-state index in [-0.39, 0.29) is 0 Å². The van der Waals surface area contributed by atoms with Gasteiger partial charge in [-0.2, -0.15) is 0 Å². The average molecular weight is 375 g/mol. The molecule has 0 unspecified atom stereocenters. The summed E-state index contributed by atoms with van der Waals surface area (Å²) in [6.07, 6.45) is 7.69. The predicted molar refractivity (Wildman–Crippen MR) is 113 cm³/mol. The quantitative estimate of drug-likeness (QED) is 0.539. The summed E-state index contributed by atoms with van der Waals surface area (Å²) in [5.41, 5.74) is 7.73. The second-order valence-electron chi connectivity index (χ2n) is 7.03. The minimum Gasteiger partial charge on any atom is -0.457 e. The highest BCUT2D eigenvalue weighted by Gasteiger charge is 2.16. The summed E-state index contributed by atoms with van der Waals surface area (Å²) in [7, 11) is 0. The van der Waals surface area contributed by atoms with Crippen molar-refractivity contribution in [3.05, 3.63) is 60.9 Å². The third-order valence-electron chi connectivity index (χ3n) is 4.93. The molecule has 0 atom stereocenters. The molecule has 0 amide bonds. The Bertz CT molecular complexity index is 893. The molecule has 0 bridgehead atoms. The average Bonchev–Trinajstić information content (AvgIpc) is 2.74. The van der Waals surface area contributed by atoms with Crippen molar-refractivity contribution in [3.63, 3.8) is 0 Å². The van der Waals surface area contributed by atoms with Gasteiger partial charge in [-0.3, -0.25) is 0 Å². The molecular formula is C22H25N5O. The zero-order chi connectivity index (χ0) is 19.2. The number of anilines is 4. The first kappa shape index (κ1) is 18.1. The summed E-state index contributed by atoms with van der Waals surface area (Å²) >= 11 is 0. The molecule has 0 saturated heterocycles. The minimum atomic E-state index is 0.438. The molecule has 1 aliphatic carbocycles. The highest BCUT2D eigenvalue weighted by molar-refractivity contribution is 5.77. The second kappa shape index (κ2) is 8.61. The highest BCUT2D eigenvalue weighted by atomic mass is 16.5. The summed E-state index contributed by atoms with van der Waals surface area (Å²) in [5.74, 6) is 2.88. The van der Waals surface area contributed by atoms with E-state index in [0.29, 0.717) is 23.4 Å². The molecule has 1 fully saturated rings. The first-order valence-electron chi connectivity index (χ1n) is 9.75. The number of hydrogen-bond donors (Lipinski definition) is 3. The SMILES string of the molecule is Nc1c(Nc2ccc(Oc3ccccc3)cc2)ncnc1NC1CCCCC1. The van der Waals surface area contributed by atoms with Gasteiger partial charge in [-0.1, -0.05) is 37.5 Å². The highest BCUT2D eigenvalue weighted by Crippen LogP contribution is 2.30. The lowest BCUT2D eigenvalue weighted by Gasteiger charge is -2.24. The summed E-state index contributed by atoms with van der Waals surface area (Å²) in [6.45, 7) is 0. The molecule has 0 aliphatic heterocycles. The van der Waals surface area contributed by atoms with E-state index in [1.165, 1.54) is 25.6 Å². The van der Waals surface area contributed by atoms with Crippen molar-refractivity contribution in [1.82, 2.24) is 9.97 Å². The van der Waals surface area contributed by atoms with Crippen LogP contribution in [0, 0.1) is 0 Å². The maximum atomic E-state index is 6.31. The Labute approximate surface area is 165 Å². The Morgan fingerprint density at radius 1 is 0.821 bits per heavy atom. The molecule has 4 rings (SSSR count). The monoisotopic (exact) mass is 375 g/mol. The van der Waals surface area contributed by atoms with Crippen LogP contribution in [0.3, 0.4) is 0 Å². The van der Waals surface area contributed by atoms with Crippen molar-refractivity contribution in [3.8, 4) is 11.5 Å². The molecular weight excluding hydrogens is 350 g/mol.